The Morgan fingerprint density at radius 1 is 0.412 bits per heavy atom. The molecule has 0 rings (SSSR count). The van der Waals surface area contributed by atoms with Crippen LogP contribution in [0.3, 0.4) is 0 Å². The van der Waals surface area contributed by atoms with Crippen LogP contribution in [0.2, 0.25) is 0 Å². The number of hydrogen-bond donors (Lipinski definition) is 3. The average molecular weight is 955 g/mol. The van der Waals surface area contributed by atoms with E-state index < -0.39 is 12.1 Å². The molecule has 3 N–H and O–H groups in total. The van der Waals surface area contributed by atoms with E-state index in [2.05, 4.69) is 55.6 Å². The number of esters is 1. The van der Waals surface area contributed by atoms with E-state index in [9.17, 15) is 19.8 Å². The van der Waals surface area contributed by atoms with Crippen LogP contribution in [0, 0.1) is 0 Å². The number of ether oxygens (including phenoxy) is 1. The first-order valence-electron chi connectivity index (χ1n) is 29.9. The molecular formula is C62H115NO5. The van der Waals surface area contributed by atoms with Gasteiger partial charge in [-0.3, -0.25) is 9.59 Å². The van der Waals surface area contributed by atoms with Gasteiger partial charge in [-0.1, -0.05) is 255 Å². The average Bonchev–Trinajstić information content (AvgIpc) is 3.34. The monoisotopic (exact) mass is 954 g/mol. The normalized spacial score (nSPS) is 12.9. The van der Waals surface area contributed by atoms with Gasteiger partial charge in [0.2, 0.25) is 5.91 Å². The number of unbranched alkanes of at least 4 members (excludes halogenated alkanes) is 38. The maximum Gasteiger partial charge on any atom is 0.305 e. The third-order valence-electron chi connectivity index (χ3n) is 13.6. The number of hydrogen-bond acceptors (Lipinski definition) is 5. The Morgan fingerprint density at radius 2 is 0.735 bits per heavy atom. The lowest BCUT2D eigenvalue weighted by Crippen LogP contribution is -2.45. The molecule has 2 atom stereocenters. The van der Waals surface area contributed by atoms with E-state index in [0.29, 0.717) is 19.4 Å². The highest BCUT2D eigenvalue weighted by Gasteiger charge is 2.18. The maximum absolute atomic E-state index is 12.5. The van der Waals surface area contributed by atoms with Gasteiger partial charge >= 0.3 is 5.97 Å². The van der Waals surface area contributed by atoms with Crippen LogP contribution in [0.5, 0.6) is 0 Å². The number of aliphatic hydroxyl groups is 2. The minimum absolute atomic E-state index is 0.0421. The largest absolute Gasteiger partial charge is 0.466 e. The highest BCUT2D eigenvalue weighted by atomic mass is 16.5. The second-order valence-corrected chi connectivity index (χ2v) is 20.3. The highest BCUT2D eigenvalue weighted by Crippen LogP contribution is 2.17. The van der Waals surface area contributed by atoms with Gasteiger partial charge in [-0.2, -0.15) is 0 Å². The molecule has 0 aliphatic rings. The van der Waals surface area contributed by atoms with Gasteiger partial charge < -0.3 is 20.3 Å². The smallest absolute Gasteiger partial charge is 0.305 e. The molecule has 0 saturated carbocycles. The standard InChI is InChI=1S/C62H115NO5/c1-3-5-7-9-11-13-15-17-19-21-23-24-25-27-28-30-32-34-38-42-46-50-54-60(65)59(58-64)63-61(66)55-51-47-43-39-36-37-41-45-49-53-57-68-62(67)56-52-48-44-40-35-33-31-29-26-22-20-18-16-14-12-10-8-6-4-2/h12,14,18,20,37,41,50,54,59-60,64-65H,3-11,13,15-17,19,21-36,38-40,42-49,51-53,55-58H2,1-2H3,(H,63,66)/b14-12-,20-18-,41-37-,54-50+. The van der Waals surface area contributed by atoms with E-state index in [-0.39, 0.29) is 18.5 Å². The Balaban J connectivity index is 3.54. The zero-order valence-corrected chi connectivity index (χ0v) is 45.3. The molecule has 398 valence electrons. The number of nitrogens with one attached hydrogen (secondary N) is 1. The van der Waals surface area contributed by atoms with E-state index >= 15 is 0 Å². The molecule has 0 aromatic rings. The topological polar surface area (TPSA) is 95.9 Å². The van der Waals surface area contributed by atoms with Gasteiger partial charge in [-0.25, -0.2) is 0 Å². The summed E-state index contributed by atoms with van der Waals surface area (Å²) >= 11 is 0. The third-order valence-corrected chi connectivity index (χ3v) is 13.6. The summed E-state index contributed by atoms with van der Waals surface area (Å²) < 4.78 is 5.45. The number of carbonyl (C=O) groups is 2. The molecule has 1 amide bonds. The molecule has 0 bridgehead atoms. The van der Waals surface area contributed by atoms with E-state index in [4.69, 9.17) is 4.74 Å². The Hall–Kier alpha value is -2.18. The van der Waals surface area contributed by atoms with Gasteiger partial charge in [0.05, 0.1) is 25.4 Å². The van der Waals surface area contributed by atoms with Gasteiger partial charge in [0, 0.05) is 12.8 Å². The Kier molecular flexibility index (Phi) is 55.6. The second kappa shape index (κ2) is 57.4. The first kappa shape index (κ1) is 65.8. The van der Waals surface area contributed by atoms with E-state index in [1.165, 1.54) is 199 Å². The van der Waals surface area contributed by atoms with Crippen molar-refractivity contribution in [3.05, 3.63) is 48.6 Å². The lowest BCUT2D eigenvalue weighted by molar-refractivity contribution is -0.143. The number of allylic oxidation sites excluding steroid dienone is 7. The van der Waals surface area contributed by atoms with Crippen LogP contribution < -0.4 is 5.32 Å². The molecule has 0 aromatic heterocycles. The molecule has 0 aliphatic heterocycles. The third kappa shape index (κ3) is 53.2. The van der Waals surface area contributed by atoms with Crippen LogP contribution in [0.1, 0.15) is 309 Å². The molecule has 2 unspecified atom stereocenters. The van der Waals surface area contributed by atoms with Crippen molar-refractivity contribution in [2.45, 2.75) is 321 Å². The van der Waals surface area contributed by atoms with Crippen molar-refractivity contribution in [1.82, 2.24) is 5.32 Å². The van der Waals surface area contributed by atoms with Crippen LogP contribution in [-0.2, 0) is 14.3 Å². The Morgan fingerprint density at radius 3 is 1.16 bits per heavy atom. The van der Waals surface area contributed by atoms with Crippen LogP contribution in [0.25, 0.3) is 0 Å². The van der Waals surface area contributed by atoms with Crippen LogP contribution in [0.15, 0.2) is 48.6 Å². The van der Waals surface area contributed by atoms with Gasteiger partial charge in [0.15, 0.2) is 0 Å². The van der Waals surface area contributed by atoms with Gasteiger partial charge in [0.25, 0.3) is 0 Å². The van der Waals surface area contributed by atoms with Crippen molar-refractivity contribution in [2.75, 3.05) is 13.2 Å². The molecule has 0 aliphatic carbocycles. The number of carbonyl (C=O) groups excluding carboxylic acids is 2. The second-order valence-electron chi connectivity index (χ2n) is 20.3. The van der Waals surface area contributed by atoms with Gasteiger partial charge in [-0.05, 0) is 89.9 Å². The van der Waals surface area contributed by atoms with E-state index in [0.717, 1.165) is 83.5 Å². The van der Waals surface area contributed by atoms with Crippen LogP contribution >= 0.6 is 0 Å². The van der Waals surface area contributed by atoms with Gasteiger partial charge in [-0.15, -0.1) is 0 Å². The molecule has 0 saturated heterocycles. The predicted octanol–water partition coefficient (Wildman–Crippen LogP) is 18.6. The number of amides is 1. The molecule has 0 radical (unpaired) electrons. The van der Waals surface area contributed by atoms with Crippen LogP contribution in [0.4, 0.5) is 0 Å². The quantitative estimate of drug-likeness (QED) is 0.0321. The highest BCUT2D eigenvalue weighted by molar-refractivity contribution is 5.76. The number of aliphatic hydroxyl groups excluding tert-OH is 2. The zero-order chi connectivity index (χ0) is 49.3. The first-order valence-corrected chi connectivity index (χ1v) is 29.9. The van der Waals surface area contributed by atoms with Crippen LogP contribution in [-0.4, -0.2) is 47.4 Å². The molecule has 68 heavy (non-hydrogen) atoms. The maximum atomic E-state index is 12.5. The minimum Gasteiger partial charge on any atom is -0.466 e. The van der Waals surface area contributed by atoms with Crippen molar-refractivity contribution in [1.29, 1.82) is 0 Å². The molecule has 0 spiro atoms. The summed E-state index contributed by atoms with van der Waals surface area (Å²) in [6, 6.07) is -0.656. The van der Waals surface area contributed by atoms with Crippen molar-refractivity contribution in [2.24, 2.45) is 0 Å². The SMILES string of the molecule is CCCCC/C=C\C/C=C\CCCCCCCCCCCC(=O)OCCCC/C=C\CCCCCCC(=O)NC(CO)C(O)/C=C/CCCCCCCCCCCCCCCCCCCCCC. The lowest BCUT2D eigenvalue weighted by atomic mass is 10.0. The summed E-state index contributed by atoms with van der Waals surface area (Å²) in [7, 11) is 0. The zero-order valence-electron chi connectivity index (χ0n) is 45.3. The summed E-state index contributed by atoms with van der Waals surface area (Å²) in [5.74, 6) is -0.145. The predicted molar refractivity (Wildman–Crippen MR) is 296 cm³/mol. The molecule has 6 nitrogen and oxygen atoms in total. The molecule has 6 heteroatoms. The fourth-order valence-electron chi connectivity index (χ4n) is 8.95. The minimum atomic E-state index is -0.869. The van der Waals surface area contributed by atoms with Crippen molar-refractivity contribution in [3.63, 3.8) is 0 Å². The van der Waals surface area contributed by atoms with Gasteiger partial charge in [0.1, 0.15) is 0 Å². The van der Waals surface area contributed by atoms with Crippen molar-refractivity contribution in [3.8, 4) is 0 Å². The summed E-state index contributed by atoms with van der Waals surface area (Å²) in [6.45, 7) is 4.80. The molecular weight excluding hydrogens is 839 g/mol. The fourth-order valence-corrected chi connectivity index (χ4v) is 8.95. The fraction of sp³-hybridized carbons (Fsp3) is 0.839. The Labute approximate surface area is 423 Å². The first-order chi connectivity index (χ1) is 33.5. The summed E-state index contributed by atoms with van der Waals surface area (Å²) in [6.07, 6.45) is 72.8. The molecule has 0 fully saturated rings. The van der Waals surface area contributed by atoms with Crippen molar-refractivity contribution >= 4 is 11.9 Å². The summed E-state index contributed by atoms with van der Waals surface area (Å²) in [5, 5.41) is 23.2. The molecule has 0 aromatic carbocycles. The van der Waals surface area contributed by atoms with Crippen molar-refractivity contribution < 1.29 is 24.5 Å². The lowest BCUT2D eigenvalue weighted by Gasteiger charge is -2.20. The Bertz CT molecular complexity index is 1150. The summed E-state index contributed by atoms with van der Waals surface area (Å²) in [4.78, 5) is 24.6. The molecule has 0 heterocycles. The van der Waals surface area contributed by atoms with E-state index in [1.54, 1.807) is 6.08 Å². The number of rotatable bonds is 55. The van der Waals surface area contributed by atoms with E-state index in [1.807, 2.05) is 6.08 Å². The summed E-state index contributed by atoms with van der Waals surface area (Å²) in [5.41, 5.74) is 0.